The van der Waals surface area contributed by atoms with Crippen molar-refractivity contribution in [3.8, 4) is 34.4 Å². The van der Waals surface area contributed by atoms with E-state index in [0.29, 0.717) is 40.9 Å². The molecule has 1 aliphatic rings. The Kier molecular flexibility index (Phi) is 7.49. The Labute approximate surface area is 202 Å². The first-order valence-corrected chi connectivity index (χ1v) is 11.4. The molecule has 0 saturated carbocycles. The summed E-state index contributed by atoms with van der Waals surface area (Å²) < 4.78 is 21.9. The highest BCUT2D eigenvalue weighted by atomic mass is 16.7. The maximum absolute atomic E-state index is 12.5. The Bertz CT molecular complexity index is 1260. The van der Waals surface area contributed by atoms with Crippen molar-refractivity contribution in [3.05, 3.63) is 58.0 Å². The van der Waals surface area contributed by atoms with Gasteiger partial charge in [-0.3, -0.25) is 9.59 Å². The van der Waals surface area contributed by atoms with Gasteiger partial charge in [0, 0.05) is 24.9 Å². The summed E-state index contributed by atoms with van der Waals surface area (Å²) in [6.45, 7) is 4.56. The second kappa shape index (κ2) is 10.9. The van der Waals surface area contributed by atoms with Crippen molar-refractivity contribution in [3.63, 3.8) is 0 Å². The quantitative estimate of drug-likeness (QED) is 0.454. The van der Waals surface area contributed by atoms with Gasteiger partial charge in [0.05, 0.1) is 13.2 Å². The molecule has 1 aliphatic heterocycles. The first kappa shape index (κ1) is 24.1. The van der Waals surface area contributed by atoms with Crippen LogP contribution in [0.4, 0.5) is 0 Å². The van der Waals surface area contributed by atoms with Gasteiger partial charge in [-0.05, 0) is 49.2 Å². The Morgan fingerprint density at radius 1 is 1.14 bits per heavy atom. The highest BCUT2D eigenvalue weighted by molar-refractivity contribution is 5.76. The number of aromatic nitrogens is 3. The third-order valence-electron chi connectivity index (χ3n) is 5.62. The maximum Gasteiger partial charge on any atom is 0.273 e. The van der Waals surface area contributed by atoms with Crippen molar-refractivity contribution < 1.29 is 23.7 Å². The standard InChI is InChI=1S/C25H28N4O6/c1-4-15(2)35-20-9-6-17(12-21(20)32-3)24-27-25(31)18(28-29-24)7-10-23(30)26-13-16-5-8-19-22(11-16)34-14-33-19/h5-6,8-9,11-12,15H,4,7,10,13-14H2,1-3H3,(H,26,30)(H,27,29,31). The van der Waals surface area contributed by atoms with Gasteiger partial charge in [0.15, 0.2) is 28.8 Å². The van der Waals surface area contributed by atoms with E-state index in [0.717, 1.165) is 12.0 Å². The minimum absolute atomic E-state index is 0.0443. The molecule has 1 atom stereocenters. The molecule has 0 spiro atoms. The zero-order valence-electron chi connectivity index (χ0n) is 19.9. The number of hydrogen-bond donors (Lipinski definition) is 2. The number of aromatic amines is 1. The van der Waals surface area contributed by atoms with Crippen molar-refractivity contribution >= 4 is 5.91 Å². The molecule has 10 heteroatoms. The molecular formula is C25H28N4O6. The van der Waals surface area contributed by atoms with E-state index in [1.54, 1.807) is 25.3 Å². The highest BCUT2D eigenvalue weighted by Gasteiger charge is 2.15. The Balaban J connectivity index is 1.35. The largest absolute Gasteiger partial charge is 0.493 e. The van der Waals surface area contributed by atoms with Gasteiger partial charge in [-0.1, -0.05) is 13.0 Å². The number of benzene rings is 2. The normalized spacial score (nSPS) is 12.8. The van der Waals surface area contributed by atoms with Crippen molar-refractivity contribution in [2.24, 2.45) is 0 Å². The molecule has 1 unspecified atom stereocenters. The van der Waals surface area contributed by atoms with Gasteiger partial charge in [0.1, 0.15) is 5.69 Å². The lowest BCUT2D eigenvalue weighted by atomic mass is 10.1. The third-order valence-corrected chi connectivity index (χ3v) is 5.62. The van der Waals surface area contributed by atoms with Crippen molar-refractivity contribution in [1.82, 2.24) is 20.5 Å². The minimum atomic E-state index is -0.391. The van der Waals surface area contributed by atoms with Crippen LogP contribution >= 0.6 is 0 Å². The molecule has 0 saturated heterocycles. The molecule has 35 heavy (non-hydrogen) atoms. The van der Waals surface area contributed by atoms with E-state index >= 15 is 0 Å². The second-order valence-corrected chi connectivity index (χ2v) is 8.12. The third kappa shape index (κ3) is 5.89. The van der Waals surface area contributed by atoms with Crippen LogP contribution in [0.3, 0.4) is 0 Å². The first-order chi connectivity index (χ1) is 17.0. The van der Waals surface area contributed by atoms with Crippen molar-refractivity contribution in [2.75, 3.05) is 13.9 Å². The molecule has 1 amide bonds. The first-order valence-electron chi connectivity index (χ1n) is 11.4. The highest BCUT2D eigenvalue weighted by Crippen LogP contribution is 2.33. The van der Waals surface area contributed by atoms with Crippen LogP contribution in [0.5, 0.6) is 23.0 Å². The Morgan fingerprint density at radius 3 is 2.74 bits per heavy atom. The molecule has 4 rings (SSSR count). The summed E-state index contributed by atoms with van der Waals surface area (Å²) in [5.74, 6) is 2.61. The molecular weight excluding hydrogens is 452 g/mol. The zero-order chi connectivity index (χ0) is 24.8. The van der Waals surface area contributed by atoms with Crippen LogP contribution in [-0.4, -0.2) is 41.1 Å². The summed E-state index contributed by atoms with van der Waals surface area (Å²) in [4.78, 5) is 27.6. The summed E-state index contributed by atoms with van der Waals surface area (Å²) in [6, 6.07) is 10.8. The van der Waals surface area contributed by atoms with Gasteiger partial charge in [-0.25, -0.2) is 0 Å². The number of nitrogens with one attached hydrogen (secondary N) is 2. The average Bonchev–Trinajstić information content (AvgIpc) is 3.34. The van der Waals surface area contributed by atoms with E-state index in [9.17, 15) is 9.59 Å². The predicted octanol–water partition coefficient (Wildman–Crippen LogP) is 3.00. The number of amides is 1. The second-order valence-electron chi connectivity index (χ2n) is 8.12. The fourth-order valence-electron chi connectivity index (χ4n) is 3.44. The lowest BCUT2D eigenvalue weighted by Gasteiger charge is -2.16. The summed E-state index contributed by atoms with van der Waals surface area (Å²) in [6.07, 6.45) is 1.18. The monoisotopic (exact) mass is 480 g/mol. The summed E-state index contributed by atoms with van der Waals surface area (Å²) >= 11 is 0. The molecule has 0 radical (unpaired) electrons. The molecule has 3 aromatic rings. The van der Waals surface area contributed by atoms with Crippen molar-refractivity contribution in [2.45, 2.75) is 45.8 Å². The molecule has 1 aromatic heterocycles. The Morgan fingerprint density at radius 2 is 1.97 bits per heavy atom. The van der Waals surface area contributed by atoms with Crippen LogP contribution in [0.2, 0.25) is 0 Å². The van der Waals surface area contributed by atoms with Crippen LogP contribution in [-0.2, 0) is 17.8 Å². The fourth-order valence-corrected chi connectivity index (χ4v) is 3.44. The van der Waals surface area contributed by atoms with Crippen LogP contribution in [0.15, 0.2) is 41.2 Å². The lowest BCUT2D eigenvalue weighted by molar-refractivity contribution is -0.121. The van der Waals surface area contributed by atoms with Gasteiger partial charge in [0.25, 0.3) is 5.56 Å². The van der Waals surface area contributed by atoms with Crippen LogP contribution < -0.4 is 29.8 Å². The van der Waals surface area contributed by atoms with Gasteiger partial charge in [-0.15, -0.1) is 10.2 Å². The SMILES string of the molecule is CCC(C)Oc1ccc(-c2nnc(CCC(=O)NCc3ccc4c(c3)OCO4)c(=O)[nH]2)cc1OC. The molecule has 2 aromatic carbocycles. The molecule has 0 aliphatic carbocycles. The van der Waals surface area contributed by atoms with Gasteiger partial charge in [0.2, 0.25) is 12.7 Å². The fraction of sp³-hybridized carbons (Fsp3) is 0.360. The smallest absolute Gasteiger partial charge is 0.273 e. The molecule has 10 nitrogen and oxygen atoms in total. The van der Waals surface area contributed by atoms with Gasteiger partial charge in [-0.2, -0.15) is 0 Å². The van der Waals surface area contributed by atoms with E-state index in [2.05, 4.69) is 20.5 Å². The predicted molar refractivity (Wildman–Crippen MR) is 128 cm³/mol. The lowest BCUT2D eigenvalue weighted by Crippen LogP contribution is -2.25. The number of nitrogens with zero attached hydrogens (tertiary/aromatic N) is 2. The summed E-state index contributed by atoms with van der Waals surface area (Å²) in [7, 11) is 1.55. The Hall–Kier alpha value is -4.08. The number of carbonyl (C=O) groups excluding carboxylic acids is 1. The summed E-state index contributed by atoms with van der Waals surface area (Å²) in [5.41, 5.74) is 1.32. The van der Waals surface area contributed by atoms with E-state index in [1.807, 2.05) is 32.0 Å². The number of fused-ring (bicyclic) bond motifs is 1. The van der Waals surface area contributed by atoms with Crippen molar-refractivity contribution in [1.29, 1.82) is 0 Å². The number of carbonyl (C=O) groups is 1. The molecule has 184 valence electrons. The number of rotatable bonds is 10. The number of H-pyrrole nitrogens is 1. The number of methoxy groups -OCH3 is 1. The number of aryl methyl sites for hydroxylation is 1. The summed E-state index contributed by atoms with van der Waals surface area (Å²) in [5, 5.41) is 11.0. The molecule has 0 bridgehead atoms. The maximum atomic E-state index is 12.5. The minimum Gasteiger partial charge on any atom is -0.493 e. The van der Waals surface area contributed by atoms with E-state index in [1.165, 1.54) is 0 Å². The van der Waals surface area contributed by atoms with E-state index < -0.39 is 5.56 Å². The number of hydrogen-bond acceptors (Lipinski definition) is 8. The van der Waals surface area contributed by atoms with Crippen LogP contribution in [0.25, 0.3) is 11.4 Å². The average molecular weight is 481 g/mol. The topological polar surface area (TPSA) is 125 Å². The van der Waals surface area contributed by atoms with Crippen LogP contribution in [0.1, 0.15) is 37.9 Å². The zero-order valence-corrected chi connectivity index (χ0v) is 19.9. The molecule has 0 fully saturated rings. The van der Waals surface area contributed by atoms with E-state index in [-0.39, 0.29) is 37.3 Å². The van der Waals surface area contributed by atoms with E-state index in [4.69, 9.17) is 18.9 Å². The number of ether oxygens (including phenoxy) is 4. The van der Waals surface area contributed by atoms with Gasteiger partial charge >= 0.3 is 0 Å². The molecule has 2 heterocycles. The molecule has 2 N–H and O–H groups in total. The van der Waals surface area contributed by atoms with Gasteiger partial charge < -0.3 is 29.2 Å². The van der Waals surface area contributed by atoms with Crippen LogP contribution in [0, 0.1) is 0 Å².